The van der Waals surface area contributed by atoms with Gasteiger partial charge in [-0.15, -0.1) is 0 Å². The second kappa shape index (κ2) is 6.21. The standard InChI is InChI=1S/C8H14NO7/c10-1-2-15-9-8-7(14)6(13)5(12)4(3-11)16-8/h4-9,11-14H,2-3H2/t4-,5-,6+,7-,8?/m1/s1. The molecule has 5 N–H and O–H groups in total. The van der Waals surface area contributed by atoms with Crippen LogP contribution in [0.2, 0.25) is 0 Å². The number of carbonyl (C=O) groups excluding carboxylic acids is 1. The highest BCUT2D eigenvalue weighted by atomic mass is 16.7. The number of hydrogen-bond donors (Lipinski definition) is 5. The number of nitrogens with one attached hydrogen (secondary N) is 1. The summed E-state index contributed by atoms with van der Waals surface area (Å²) in [6.07, 6.45) is -5.07. The van der Waals surface area contributed by atoms with E-state index in [1.54, 1.807) is 0 Å². The number of rotatable bonds is 5. The van der Waals surface area contributed by atoms with Crippen molar-refractivity contribution in [3.05, 3.63) is 0 Å². The largest absolute Gasteiger partial charge is 0.394 e. The highest BCUT2D eigenvalue weighted by Crippen LogP contribution is 2.19. The molecule has 1 aliphatic heterocycles. The van der Waals surface area contributed by atoms with Crippen LogP contribution in [0, 0.1) is 0 Å². The van der Waals surface area contributed by atoms with Crippen LogP contribution in [-0.2, 0) is 14.4 Å². The van der Waals surface area contributed by atoms with Gasteiger partial charge in [-0.3, -0.25) is 9.63 Å². The summed E-state index contributed by atoms with van der Waals surface area (Å²) in [7, 11) is 0. The van der Waals surface area contributed by atoms with Crippen LogP contribution in [0.15, 0.2) is 0 Å². The lowest BCUT2D eigenvalue weighted by atomic mass is 9.99. The van der Waals surface area contributed by atoms with Gasteiger partial charge in [-0.1, -0.05) is 0 Å². The van der Waals surface area contributed by atoms with Gasteiger partial charge in [0.05, 0.1) is 6.61 Å². The van der Waals surface area contributed by atoms with Crippen molar-refractivity contribution in [1.82, 2.24) is 5.48 Å². The average molecular weight is 236 g/mol. The van der Waals surface area contributed by atoms with Gasteiger partial charge >= 0.3 is 0 Å². The van der Waals surface area contributed by atoms with E-state index in [0.29, 0.717) is 0 Å². The Kier molecular flexibility index (Phi) is 5.22. The molecule has 1 heterocycles. The van der Waals surface area contributed by atoms with E-state index in [2.05, 4.69) is 10.3 Å². The van der Waals surface area contributed by atoms with Crippen LogP contribution >= 0.6 is 0 Å². The molecule has 1 aliphatic rings. The minimum absolute atomic E-state index is 0.380. The first-order chi connectivity index (χ1) is 7.61. The zero-order chi connectivity index (χ0) is 12.1. The summed E-state index contributed by atoms with van der Waals surface area (Å²) in [5.41, 5.74) is 2.17. The van der Waals surface area contributed by atoms with Crippen LogP contribution in [0.5, 0.6) is 0 Å². The maximum Gasteiger partial charge on any atom is 0.228 e. The van der Waals surface area contributed by atoms with Gasteiger partial charge in [0.25, 0.3) is 0 Å². The van der Waals surface area contributed by atoms with E-state index in [1.807, 2.05) is 0 Å². The third kappa shape index (κ3) is 2.95. The molecular weight excluding hydrogens is 222 g/mol. The van der Waals surface area contributed by atoms with Gasteiger partial charge in [-0.05, 0) is 0 Å². The van der Waals surface area contributed by atoms with Crippen molar-refractivity contribution in [2.45, 2.75) is 30.6 Å². The van der Waals surface area contributed by atoms with Gasteiger partial charge in [-0.2, -0.15) is 5.48 Å². The number of ether oxygens (including phenoxy) is 1. The maximum absolute atomic E-state index is 9.84. The van der Waals surface area contributed by atoms with E-state index < -0.39 is 37.3 Å². The lowest BCUT2D eigenvalue weighted by Gasteiger charge is -2.39. The smallest absolute Gasteiger partial charge is 0.228 e. The Morgan fingerprint density at radius 1 is 1.25 bits per heavy atom. The summed E-state index contributed by atoms with van der Waals surface area (Å²) in [5.74, 6) is 0. The van der Waals surface area contributed by atoms with Crippen molar-refractivity contribution in [3.63, 3.8) is 0 Å². The highest BCUT2D eigenvalue weighted by molar-refractivity contribution is 5.51. The van der Waals surface area contributed by atoms with E-state index in [9.17, 15) is 20.1 Å². The van der Waals surface area contributed by atoms with Gasteiger partial charge in [-0.25, -0.2) is 0 Å². The Labute approximate surface area is 91.4 Å². The predicted molar refractivity (Wildman–Crippen MR) is 48.5 cm³/mol. The van der Waals surface area contributed by atoms with Gasteiger partial charge in [0.1, 0.15) is 31.0 Å². The predicted octanol–water partition coefficient (Wildman–Crippen LogP) is -3.58. The third-order valence-corrected chi connectivity index (χ3v) is 2.22. The SMILES string of the molecule is O=[C]CONC1O[C@H](CO)[C@@H](O)[C@H](O)[C@H]1O. The van der Waals surface area contributed by atoms with Crippen LogP contribution in [0.4, 0.5) is 0 Å². The Bertz CT molecular complexity index is 224. The molecule has 8 heteroatoms. The Balaban J connectivity index is 2.53. The topological polar surface area (TPSA) is 128 Å². The molecule has 0 amide bonds. The first-order valence-corrected chi connectivity index (χ1v) is 4.64. The minimum Gasteiger partial charge on any atom is -0.394 e. The van der Waals surface area contributed by atoms with Crippen molar-refractivity contribution in [2.24, 2.45) is 0 Å². The zero-order valence-corrected chi connectivity index (χ0v) is 8.31. The van der Waals surface area contributed by atoms with Crippen LogP contribution in [-0.4, -0.2) is 70.6 Å². The van der Waals surface area contributed by atoms with Gasteiger partial charge in [0.2, 0.25) is 6.29 Å². The normalized spacial score (nSPS) is 39.6. The average Bonchev–Trinajstić information content (AvgIpc) is 2.29. The monoisotopic (exact) mass is 236 g/mol. The number of aliphatic hydroxyl groups excluding tert-OH is 4. The van der Waals surface area contributed by atoms with Crippen molar-refractivity contribution in [3.8, 4) is 0 Å². The fourth-order valence-corrected chi connectivity index (χ4v) is 1.35. The van der Waals surface area contributed by atoms with Gasteiger partial charge in [0.15, 0.2) is 6.23 Å². The molecule has 0 spiro atoms. The maximum atomic E-state index is 9.84. The van der Waals surface area contributed by atoms with Crippen molar-refractivity contribution < 1.29 is 34.8 Å². The number of hydroxylamine groups is 1. The third-order valence-electron chi connectivity index (χ3n) is 2.22. The Morgan fingerprint density at radius 3 is 2.50 bits per heavy atom. The molecule has 1 radical (unpaired) electrons. The number of hydrogen-bond acceptors (Lipinski definition) is 8. The van der Waals surface area contributed by atoms with E-state index in [0.717, 1.165) is 0 Å². The second-order valence-corrected chi connectivity index (χ2v) is 3.30. The molecule has 0 saturated carbocycles. The molecule has 0 aromatic carbocycles. The molecule has 0 aromatic rings. The first-order valence-electron chi connectivity index (χ1n) is 4.64. The molecule has 5 atom stereocenters. The van der Waals surface area contributed by atoms with Gasteiger partial charge < -0.3 is 25.2 Å². The summed E-state index contributed by atoms with van der Waals surface area (Å²) in [4.78, 5) is 14.4. The van der Waals surface area contributed by atoms with Crippen molar-refractivity contribution in [2.75, 3.05) is 13.2 Å². The fourth-order valence-electron chi connectivity index (χ4n) is 1.35. The van der Waals surface area contributed by atoms with Crippen LogP contribution in [0.3, 0.4) is 0 Å². The van der Waals surface area contributed by atoms with E-state index in [1.165, 1.54) is 6.29 Å². The molecule has 1 unspecified atom stereocenters. The molecule has 1 rings (SSSR count). The first kappa shape index (κ1) is 13.5. The summed E-state index contributed by atoms with van der Waals surface area (Å²) in [6, 6.07) is 0. The van der Waals surface area contributed by atoms with Gasteiger partial charge in [0, 0.05) is 0 Å². The van der Waals surface area contributed by atoms with E-state index >= 15 is 0 Å². The summed E-state index contributed by atoms with van der Waals surface area (Å²) >= 11 is 0. The lowest BCUT2D eigenvalue weighted by molar-refractivity contribution is -0.259. The van der Waals surface area contributed by atoms with Crippen LogP contribution in [0.25, 0.3) is 0 Å². The molecule has 1 saturated heterocycles. The Morgan fingerprint density at radius 2 is 1.94 bits per heavy atom. The fraction of sp³-hybridized carbons (Fsp3) is 0.875. The molecule has 0 aromatic heterocycles. The molecule has 0 aliphatic carbocycles. The molecule has 8 nitrogen and oxygen atoms in total. The lowest BCUT2D eigenvalue weighted by Crippen LogP contribution is -2.62. The molecule has 1 fully saturated rings. The zero-order valence-electron chi connectivity index (χ0n) is 8.31. The molecule has 93 valence electrons. The van der Waals surface area contributed by atoms with Crippen LogP contribution < -0.4 is 5.48 Å². The molecule has 0 bridgehead atoms. The Hall–Kier alpha value is -0.610. The summed E-state index contributed by atoms with van der Waals surface area (Å²) < 4.78 is 5.00. The quantitative estimate of drug-likeness (QED) is 0.245. The summed E-state index contributed by atoms with van der Waals surface area (Å²) in [5, 5.41) is 37.1. The molecule has 16 heavy (non-hydrogen) atoms. The summed E-state index contributed by atoms with van der Waals surface area (Å²) in [6.45, 7) is -0.905. The van der Waals surface area contributed by atoms with Crippen molar-refractivity contribution >= 4 is 6.29 Å². The second-order valence-electron chi connectivity index (χ2n) is 3.30. The van der Waals surface area contributed by atoms with E-state index in [4.69, 9.17) is 9.84 Å². The van der Waals surface area contributed by atoms with E-state index in [-0.39, 0.29) is 6.61 Å². The molecular formula is C8H14NO7. The number of aliphatic hydroxyl groups is 4. The highest BCUT2D eigenvalue weighted by Gasteiger charge is 2.43. The van der Waals surface area contributed by atoms with Crippen molar-refractivity contribution in [1.29, 1.82) is 0 Å². The van der Waals surface area contributed by atoms with Crippen LogP contribution in [0.1, 0.15) is 0 Å². The minimum atomic E-state index is -1.48.